The zero-order valence-corrected chi connectivity index (χ0v) is 21.1. The Bertz CT molecular complexity index is 1110. The van der Waals surface area contributed by atoms with Crippen molar-refractivity contribution >= 4 is 5.91 Å². The molecule has 2 aliphatic heterocycles. The Hall–Kier alpha value is -3.16. The van der Waals surface area contributed by atoms with Crippen LogP contribution in [0.5, 0.6) is 5.75 Å². The number of carbonyl (C=O) groups excluding carboxylic acids is 1. The molecule has 2 fully saturated rings. The van der Waals surface area contributed by atoms with Crippen LogP contribution in [-0.4, -0.2) is 67.2 Å². The first-order chi connectivity index (χ1) is 17.7. The van der Waals surface area contributed by atoms with Crippen LogP contribution in [0, 0.1) is 11.8 Å². The minimum Gasteiger partial charge on any atom is -0.497 e. The maximum atomic E-state index is 13.2. The van der Waals surface area contributed by atoms with Crippen LogP contribution < -0.4 is 10.1 Å². The minimum atomic E-state index is 0.297. The molecule has 0 saturated carbocycles. The lowest BCUT2D eigenvalue weighted by atomic mass is 9.81. The molecular weight excluding hydrogens is 452 g/mol. The number of methoxy groups -OCH3 is 1. The molecule has 0 bridgehead atoms. The molecule has 36 heavy (non-hydrogen) atoms. The third-order valence-electron chi connectivity index (χ3n) is 7.58. The van der Waals surface area contributed by atoms with Gasteiger partial charge in [-0.05, 0) is 67.6 Å². The number of piperidine rings is 1. The van der Waals surface area contributed by atoms with E-state index in [2.05, 4.69) is 50.6 Å². The van der Waals surface area contributed by atoms with Crippen LogP contribution in [0.3, 0.4) is 0 Å². The maximum Gasteiger partial charge on any atom is 0.222 e. The van der Waals surface area contributed by atoms with Gasteiger partial charge in [-0.25, -0.2) is 0 Å². The molecule has 190 valence electrons. The second-order valence-electron chi connectivity index (χ2n) is 9.97. The van der Waals surface area contributed by atoms with Gasteiger partial charge in [0.1, 0.15) is 5.75 Å². The topological polar surface area (TPSA) is 70.8 Å². The van der Waals surface area contributed by atoms with Gasteiger partial charge in [-0.15, -0.1) is 0 Å². The van der Waals surface area contributed by atoms with E-state index in [-0.39, 0.29) is 0 Å². The van der Waals surface area contributed by atoms with E-state index in [9.17, 15) is 4.79 Å². The summed E-state index contributed by atoms with van der Waals surface area (Å²) in [6, 6.07) is 20.4. The summed E-state index contributed by atoms with van der Waals surface area (Å²) in [4.78, 5) is 17.7. The van der Waals surface area contributed by atoms with Crippen molar-refractivity contribution in [3.63, 3.8) is 0 Å². The monoisotopic (exact) mass is 488 g/mol. The SMILES string of the molecule is COc1ccc(-c2cc(C[C@H]3CNCC[C@H]3CC(=O)N3CCN(Cc4ccccc4)CC3)no2)cc1. The first-order valence-electron chi connectivity index (χ1n) is 13.0. The highest BCUT2D eigenvalue weighted by Gasteiger charge is 2.30. The van der Waals surface area contributed by atoms with Crippen molar-refractivity contribution < 1.29 is 14.1 Å². The lowest BCUT2D eigenvalue weighted by molar-refractivity contribution is -0.134. The summed E-state index contributed by atoms with van der Waals surface area (Å²) < 4.78 is 10.9. The van der Waals surface area contributed by atoms with Crippen molar-refractivity contribution in [2.24, 2.45) is 11.8 Å². The lowest BCUT2D eigenvalue weighted by Gasteiger charge is -2.37. The molecule has 1 amide bonds. The van der Waals surface area contributed by atoms with E-state index >= 15 is 0 Å². The zero-order chi connectivity index (χ0) is 24.7. The smallest absolute Gasteiger partial charge is 0.222 e. The number of nitrogens with zero attached hydrogens (tertiary/aromatic N) is 3. The predicted octanol–water partition coefficient (Wildman–Crippen LogP) is 3.85. The fourth-order valence-corrected chi connectivity index (χ4v) is 5.40. The van der Waals surface area contributed by atoms with Crippen molar-refractivity contribution in [3.05, 3.63) is 71.9 Å². The van der Waals surface area contributed by atoms with Crippen LogP contribution in [0.2, 0.25) is 0 Å². The van der Waals surface area contributed by atoms with Crippen LogP contribution in [0.4, 0.5) is 0 Å². The largest absolute Gasteiger partial charge is 0.497 e. The number of carbonyl (C=O) groups is 1. The van der Waals surface area contributed by atoms with Crippen LogP contribution in [0.15, 0.2) is 65.2 Å². The summed E-state index contributed by atoms with van der Waals surface area (Å²) in [7, 11) is 1.66. The summed E-state index contributed by atoms with van der Waals surface area (Å²) in [5.41, 5.74) is 3.26. The fraction of sp³-hybridized carbons (Fsp3) is 0.448. The predicted molar refractivity (Wildman–Crippen MR) is 140 cm³/mol. The average Bonchev–Trinajstić information content (AvgIpc) is 3.39. The molecule has 5 rings (SSSR count). The van der Waals surface area contributed by atoms with Gasteiger partial charge in [0.15, 0.2) is 5.76 Å². The second-order valence-corrected chi connectivity index (χ2v) is 9.97. The van der Waals surface area contributed by atoms with Crippen LogP contribution in [0.1, 0.15) is 24.1 Å². The highest BCUT2D eigenvalue weighted by Crippen LogP contribution is 2.29. The number of ether oxygens (including phenoxy) is 1. The second kappa shape index (κ2) is 11.7. The van der Waals surface area contributed by atoms with E-state index in [1.54, 1.807) is 7.11 Å². The van der Waals surface area contributed by atoms with Gasteiger partial charge in [-0.3, -0.25) is 9.69 Å². The molecule has 2 saturated heterocycles. The molecule has 2 atom stereocenters. The van der Waals surface area contributed by atoms with Crippen LogP contribution in [-0.2, 0) is 17.8 Å². The third kappa shape index (κ3) is 6.15. The normalized spacial score (nSPS) is 20.9. The maximum absolute atomic E-state index is 13.2. The van der Waals surface area contributed by atoms with Gasteiger partial charge in [0.05, 0.1) is 12.8 Å². The number of hydrogen-bond donors (Lipinski definition) is 1. The van der Waals surface area contributed by atoms with Crippen molar-refractivity contribution in [1.82, 2.24) is 20.3 Å². The van der Waals surface area contributed by atoms with Gasteiger partial charge in [0.25, 0.3) is 0 Å². The van der Waals surface area contributed by atoms with E-state index in [0.29, 0.717) is 24.2 Å². The highest BCUT2D eigenvalue weighted by molar-refractivity contribution is 5.76. The van der Waals surface area contributed by atoms with E-state index < -0.39 is 0 Å². The van der Waals surface area contributed by atoms with Crippen LogP contribution >= 0.6 is 0 Å². The van der Waals surface area contributed by atoms with Crippen molar-refractivity contribution in [2.75, 3.05) is 46.4 Å². The van der Waals surface area contributed by atoms with Crippen LogP contribution in [0.25, 0.3) is 11.3 Å². The Balaban J connectivity index is 1.14. The molecular formula is C29H36N4O3. The Morgan fingerprint density at radius 2 is 1.83 bits per heavy atom. The minimum absolute atomic E-state index is 0.297. The molecule has 0 radical (unpaired) electrons. The number of hydrogen-bond acceptors (Lipinski definition) is 6. The third-order valence-corrected chi connectivity index (χ3v) is 7.58. The molecule has 1 aromatic heterocycles. The Morgan fingerprint density at radius 1 is 1.06 bits per heavy atom. The van der Waals surface area contributed by atoms with Gasteiger partial charge in [0, 0.05) is 50.8 Å². The number of aromatic nitrogens is 1. The Labute approximate surface area is 213 Å². The number of benzene rings is 2. The number of rotatable bonds is 8. The quantitative estimate of drug-likeness (QED) is 0.519. The van der Waals surface area contributed by atoms with Crippen molar-refractivity contribution in [1.29, 1.82) is 0 Å². The van der Waals surface area contributed by atoms with E-state index in [1.165, 1.54) is 5.56 Å². The Morgan fingerprint density at radius 3 is 2.58 bits per heavy atom. The summed E-state index contributed by atoms with van der Waals surface area (Å²) in [6.45, 7) is 6.33. The molecule has 0 spiro atoms. The fourth-order valence-electron chi connectivity index (χ4n) is 5.40. The standard InChI is InChI=1S/C29H36N4O3/c1-35-27-9-7-23(8-10-27)28-19-26(31-36-28)17-25-20-30-12-11-24(25)18-29(34)33-15-13-32(14-16-33)21-22-5-3-2-4-6-22/h2-10,19,24-25,30H,11-18,20-21H2,1H3/t24-,25-/m0/s1. The first kappa shape index (κ1) is 24.5. The summed E-state index contributed by atoms with van der Waals surface area (Å²) in [5, 5.41) is 7.85. The van der Waals surface area contributed by atoms with Gasteiger partial charge in [-0.1, -0.05) is 35.5 Å². The summed E-state index contributed by atoms with van der Waals surface area (Å²) >= 11 is 0. The molecule has 2 aromatic carbocycles. The molecule has 3 heterocycles. The van der Waals surface area contributed by atoms with E-state index in [1.807, 2.05) is 30.3 Å². The van der Waals surface area contributed by atoms with E-state index in [4.69, 9.17) is 9.26 Å². The molecule has 2 aliphatic rings. The summed E-state index contributed by atoms with van der Waals surface area (Å²) in [6.07, 6.45) is 2.46. The first-order valence-corrected chi connectivity index (χ1v) is 13.0. The number of nitrogens with one attached hydrogen (secondary N) is 1. The number of piperazine rings is 1. The van der Waals surface area contributed by atoms with Crippen molar-refractivity contribution in [3.8, 4) is 17.1 Å². The summed E-state index contributed by atoms with van der Waals surface area (Å²) in [5.74, 6) is 2.61. The van der Waals surface area contributed by atoms with Gasteiger partial charge >= 0.3 is 0 Å². The average molecular weight is 489 g/mol. The molecule has 7 heteroatoms. The Kier molecular flexibility index (Phi) is 7.98. The molecule has 7 nitrogen and oxygen atoms in total. The van der Waals surface area contributed by atoms with E-state index in [0.717, 1.165) is 81.4 Å². The lowest BCUT2D eigenvalue weighted by Crippen LogP contribution is -2.49. The zero-order valence-electron chi connectivity index (χ0n) is 21.1. The molecule has 3 aromatic rings. The highest BCUT2D eigenvalue weighted by atomic mass is 16.5. The van der Waals surface area contributed by atoms with Gasteiger partial charge in [-0.2, -0.15) is 0 Å². The van der Waals surface area contributed by atoms with Crippen molar-refractivity contribution in [2.45, 2.75) is 25.8 Å². The molecule has 0 unspecified atom stereocenters. The number of amides is 1. The van der Waals surface area contributed by atoms with Gasteiger partial charge < -0.3 is 19.5 Å². The molecule has 1 N–H and O–H groups in total. The molecule has 0 aliphatic carbocycles. The van der Waals surface area contributed by atoms with Gasteiger partial charge in [0.2, 0.25) is 5.91 Å².